The molecule has 2 aromatic rings. The number of hydrogen-bond donors (Lipinski definition) is 1. The maximum absolute atomic E-state index is 12.5. The van der Waals surface area contributed by atoms with Crippen LogP contribution in [-0.2, 0) is 9.53 Å². The van der Waals surface area contributed by atoms with Crippen LogP contribution in [0.15, 0.2) is 36.4 Å². The zero-order valence-electron chi connectivity index (χ0n) is 13.6. The second-order valence-electron chi connectivity index (χ2n) is 5.20. The lowest BCUT2D eigenvalue weighted by Crippen LogP contribution is -2.20. The SMILES string of the molecule is CCOC(=O)c1sc(NC(=O)C(CC)c2ccccc2)cc1C. The molecule has 4 nitrogen and oxygen atoms in total. The van der Waals surface area contributed by atoms with Crippen LogP contribution in [0.2, 0.25) is 0 Å². The second-order valence-corrected chi connectivity index (χ2v) is 6.26. The Morgan fingerprint density at radius 1 is 1.22 bits per heavy atom. The second kappa shape index (κ2) is 7.92. The number of rotatable bonds is 6. The summed E-state index contributed by atoms with van der Waals surface area (Å²) in [5, 5.41) is 3.59. The van der Waals surface area contributed by atoms with E-state index in [1.807, 2.05) is 50.2 Å². The van der Waals surface area contributed by atoms with E-state index in [-0.39, 0.29) is 17.8 Å². The fourth-order valence-corrected chi connectivity index (χ4v) is 3.38. The van der Waals surface area contributed by atoms with Crippen LogP contribution in [-0.4, -0.2) is 18.5 Å². The zero-order valence-corrected chi connectivity index (χ0v) is 14.4. The molecule has 0 radical (unpaired) electrons. The van der Waals surface area contributed by atoms with E-state index in [0.717, 1.165) is 11.1 Å². The summed E-state index contributed by atoms with van der Waals surface area (Å²) in [5.41, 5.74) is 1.81. The lowest BCUT2D eigenvalue weighted by atomic mass is 9.96. The van der Waals surface area contributed by atoms with Crippen molar-refractivity contribution in [2.45, 2.75) is 33.1 Å². The molecule has 0 aliphatic heterocycles. The van der Waals surface area contributed by atoms with Crippen LogP contribution in [0.3, 0.4) is 0 Å². The summed E-state index contributed by atoms with van der Waals surface area (Å²) in [7, 11) is 0. The summed E-state index contributed by atoms with van der Waals surface area (Å²) >= 11 is 1.25. The first kappa shape index (κ1) is 17.2. The summed E-state index contributed by atoms with van der Waals surface area (Å²) in [6.45, 7) is 5.94. The summed E-state index contributed by atoms with van der Waals surface area (Å²) < 4.78 is 5.02. The number of nitrogens with one attached hydrogen (secondary N) is 1. The van der Waals surface area contributed by atoms with Crippen molar-refractivity contribution in [1.82, 2.24) is 0 Å². The number of amides is 1. The number of ether oxygens (including phenoxy) is 1. The van der Waals surface area contributed by atoms with Gasteiger partial charge >= 0.3 is 5.97 Å². The molecule has 1 N–H and O–H groups in total. The topological polar surface area (TPSA) is 55.4 Å². The molecule has 1 aromatic carbocycles. The van der Waals surface area contributed by atoms with Gasteiger partial charge in [0.2, 0.25) is 5.91 Å². The van der Waals surface area contributed by atoms with E-state index in [0.29, 0.717) is 22.9 Å². The van der Waals surface area contributed by atoms with Crippen LogP contribution in [0.5, 0.6) is 0 Å². The molecule has 0 saturated heterocycles. The molecule has 0 spiro atoms. The molecule has 0 aliphatic rings. The van der Waals surface area contributed by atoms with Crippen molar-refractivity contribution < 1.29 is 14.3 Å². The highest BCUT2D eigenvalue weighted by Crippen LogP contribution is 2.29. The van der Waals surface area contributed by atoms with Crippen LogP contribution < -0.4 is 5.32 Å². The molecular weight excluding hydrogens is 310 g/mol. The molecule has 0 fully saturated rings. The molecule has 5 heteroatoms. The van der Waals surface area contributed by atoms with E-state index in [4.69, 9.17) is 4.74 Å². The fraction of sp³-hybridized carbons (Fsp3) is 0.333. The van der Waals surface area contributed by atoms with Crippen LogP contribution in [0.25, 0.3) is 0 Å². The minimum atomic E-state index is -0.342. The molecule has 0 bridgehead atoms. The quantitative estimate of drug-likeness (QED) is 0.800. The van der Waals surface area contributed by atoms with E-state index in [1.165, 1.54) is 11.3 Å². The number of esters is 1. The minimum Gasteiger partial charge on any atom is -0.462 e. The third-order valence-electron chi connectivity index (χ3n) is 3.55. The van der Waals surface area contributed by atoms with Gasteiger partial charge in [-0.2, -0.15) is 0 Å². The maximum atomic E-state index is 12.5. The lowest BCUT2D eigenvalue weighted by molar-refractivity contribution is -0.117. The molecule has 1 heterocycles. The molecule has 1 aromatic heterocycles. The van der Waals surface area contributed by atoms with Crippen molar-refractivity contribution in [2.24, 2.45) is 0 Å². The van der Waals surface area contributed by atoms with Crippen molar-refractivity contribution in [3.8, 4) is 0 Å². The summed E-state index contributed by atoms with van der Waals surface area (Å²) in [4.78, 5) is 24.9. The largest absolute Gasteiger partial charge is 0.462 e. The lowest BCUT2D eigenvalue weighted by Gasteiger charge is -2.14. The van der Waals surface area contributed by atoms with E-state index in [1.54, 1.807) is 6.92 Å². The zero-order chi connectivity index (χ0) is 16.8. The predicted molar refractivity (Wildman–Crippen MR) is 93.1 cm³/mol. The van der Waals surface area contributed by atoms with E-state index in [2.05, 4.69) is 5.32 Å². The van der Waals surface area contributed by atoms with Crippen molar-refractivity contribution in [3.05, 3.63) is 52.4 Å². The van der Waals surface area contributed by atoms with Gasteiger partial charge in [0.15, 0.2) is 0 Å². The first-order chi connectivity index (χ1) is 11.1. The van der Waals surface area contributed by atoms with Crippen molar-refractivity contribution in [1.29, 1.82) is 0 Å². The minimum absolute atomic E-state index is 0.0599. The molecule has 2 rings (SSSR count). The fourth-order valence-electron chi connectivity index (χ4n) is 2.41. The van der Waals surface area contributed by atoms with E-state index < -0.39 is 0 Å². The van der Waals surface area contributed by atoms with E-state index in [9.17, 15) is 9.59 Å². The van der Waals surface area contributed by atoms with Crippen molar-refractivity contribution in [3.63, 3.8) is 0 Å². The Labute approximate surface area is 140 Å². The highest BCUT2D eigenvalue weighted by Gasteiger charge is 2.21. The standard InChI is InChI=1S/C18H21NO3S/c1-4-14(13-9-7-6-8-10-13)17(20)19-15-11-12(3)16(23-15)18(21)22-5-2/h6-11,14H,4-5H2,1-3H3,(H,19,20). The van der Waals surface area contributed by atoms with Gasteiger partial charge in [-0.25, -0.2) is 4.79 Å². The molecule has 1 amide bonds. The highest BCUT2D eigenvalue weighted by atomic mass is 32.1. The Kier molecular flexibility index (Phi) is 5.93. The van der Waals surface area contributed by atoms with Gasteiger partial charge in [0.05, 0.1) is 17.5 Å². The third-order valence-corrected chi connectivity index (χ3v) is 4.68. The smallest absolute Gasteiger partial charge is 0.348 e. The molecular formula is C18H21NO3S. The maximum Gasteiger partial charge on any atom is 0.348 e. The van der Waals surface area contributed by atoms with Crippen LogP contribution in [0.4, 0.5) is 5.00 Å². The first-order valence-electron chi connectivity index (χ1n) is 7.70. The molecule has 0 aliphatic carbocycles. The average Bonchev–Trinajstić information content (AvgIpc) is 2.90. The molecule has 23 heavy (non-hydrogen) atoms. The number of carbonyl (C=O) groups is 2. The van der Waals surface area contributed by atoms with Crippen LogP contribution in [0.1, 0.15) is 47.0 Å². The average molecular weight is 331 g/mol. The monoisotopic (exact) mass is 331 g/mol. The van der Waals surface area contributed by atoms with Gasteiger partial charge in [-0.05, 0) is 37.5 Å². The van der Waals surface area contributed by atoms with Gasteiger partial charge in [0.1, 0.15) is 4.88 Å². The number of thiophene rings is 1. The summed E-state index contributed by atoms with van der Waals surface area (Å²) in [6, 6.07) is 11.5. The Bertz CT molecular complexity index is 679. The van der Waals surface area contributed by atoms with Gasteiger partial charge in [-0.15, -0.1) is 11.3 Å². The first-order valence-corrected chi connectivity index (χ1v) is 8.51. The van der Waals surface area contributed by atoms with Crippen molar-refractivity contribution >= 4 is 28.2 Å². The Balaban J connectivity index is 2.13. The number of benzene rings is 1. The normalized spacial score (nSPS) is 11.8. The van der Waals surface area contributed by atoms with Crippen LogP contribution >= 0.6 is 11.3 Å². The third kappa shape index (κ3) is 4.20. The summed E-state index contributed by atoms with van der Waals surface area (Å²) in [6.07, 6.45) is 0.713. The van der Waals surface area contributed by atoms with E-state index >= 15 is 0 Å². The van der Waals surface area contributed by atoms with Gasteiger partial charge in [0, 0.05) is 0 Å². The van der Waals surface area contributed by atoms with Gasteiger partial charge in [-0.3, -0.25) is 4.79 Å². The van der Waals surface area contributed by atoms with Gasteiger partial charge < -0.3 is 10.1 Å². The number of anilines is 1. The Morgan fingerprint density at radius 3 is 2.52 bits per heavy atom. The van der Waals surface area contributed by atoms with Gasteiger partial charge in [0.25, 0.3) is 0 Å². The van der Waals surface area contributed by atoms with Crippen LogP contribution in [0, 0.1) is 6.92 Å². The van der Waals surface area contributed by atoms with Crippen molar-refractivity contribution in [2.75, 3.05) is 11.9 Å². The molecule has 122 valence electrons. The molecule has 1 unspecified atom stereocenters. The Morgan fingerprint density at radius 2 is 1.91 bits per heavy atom. The van der Waals surface area contributed by atoms with Gasteiger partial charge in [-0.1, -0.05) is 37.3 Å². The number of aryl methyl sites for hydroxylation is 1. The Hall–Kier alpha value is -2.14. The predicted octanol–water partition coefficient (Wildman–Crippen LogP) is 4.37. The number of hydrogen-bond acceptors (Lipinski definition) is 4. The highest BCUT2D eigenvalue weighted by molar-refractivity contribution is 7.18. The molecule has 0 saturated carbocycles. The summed E-state index contributed by atoms with van der Waals surface area (Å²) in [5.74, 6) is -0.606. The number of carbonyl (C=O) groups excluding carboxylic acids is 2. The molecule has 1 atom stereocenters.